The Labute approximate surface area is 105 Å². The molecule has 0 bridgehead atoms. The lowest BCUT2D eigenvalue weighted by atomic mass is 10.1. The predicted molar refractivity (Wildman–Crippen MR) is 66.5 cm³/mol. The molecule has 0 aliphatic rings. The van der Waals surface area contributed by atoms with Crippen LogP contribution < -0.4 is 4.74 Å². The van der Waals surface area contributed by atoms with Gasteiger partial charge in [-0.25, -0.2) is 0 Å². The van der Waals surface area contributed by atoms with Gasteiger partial charge < -0.3 is 9.30 Å². The van der Waals surface area contributed by atoms with Crippen molar-refractivity contribution in [3.8, 4) is 5.75 Å². The maximum absolute atomic E-state index is 5.94. The zero-order valence-electron chi connectivity index (χ0n) is 9.85. The van der Waals surface area contributed by atoms with Gasteiger partial charge in [0.15, 0.2) is 0 Å². The van der Waals surface area contributed by atoms with E-state index in [2.05, 4.69) is 10.2 Å². The van der Waals surface area contributed by atoms with E-state index in [-0.39, 0.29) is 0 Å². The highest BCUT2D eigenvalue weighted by Crippen LogP contribution is 2.19. The zero-order chi connectivity index (χ0) is 12.3. The summed E-state index contributed by atoms with van der Waals surface area (Å²) in [6, 6.07) is 7.96. The molecule has 0 amide bonds. The summed E-state index contributed by atoms with van der Waals surface area (Å²) in [5.74, 6) is 1.72. The first-order chi connectivity index (χ1) is 8.22. The third kappa shape index (κ3) is 2.58. The zero-order valence-corrected chi connectivity index (χ0v) is 10.6. The normalized spacial score (nSPS) is 10.5. The fourth-order valence-electron chi connectivity index (χ4n) is 1.75. The van der Waals surface area contributed by atoms with Crippen LogP contribution >= 0.6 is 11.6 Å². The SMILES string of the molecule is COc1ccccc1CCn1c(C)nnc1Cl. The van der Waals surface area contributed by atoms with E-state index in [0.717, 1.165) is 30.1 Å². The largest absolute Gasteiger partial charge is 0.496 e. The standard InChI is InChI=1S/C12H14ClN3O/c1-9-14-15-12(13)16(9)8-7-10-5-3-4-6-11(10)17-2/h3-6H,7-8H2,1-2H3. The second-order valence-corrected chi connectivity index (χ2v) is 4.07. The highest BCUT2D eigenvalue weighted by molar-refractivity contribution is 6.28. The maximum atomic E-state index is 5.94. The molecular formula is C12H14ClN3O. The molecule has 2 aromatic rings. The van der Waals surface area contributed by atoms with E-state index in [1.165, 1.54) is 0 Å². The van der Waals surface area contributed by atoms with Crippen LogP contribution in [0.3, 0.4) is 0 Å². The predicted octanol–water partition coefficient (Wildman–Crippen LogP) is 2.49. The third-order valence-electron chi connectivity index (χ3n) is 2.69. The van der Waals surface area contributed by atoms with Crippen molar-refractivity contribution in [1.82, 2.24) is 14.8 Å². The Bertz CT molecular complexity index is 491. The van der Waals surface area contributed by atoms with Crippen molar-refractivity contribution in [2.75, 3.05) is 7.11 Å². The van der Waals surface area contributed by atoms with Gasteiger partial charge in [0.1, 0.15) is 11.6 Å². The van der Waals surface area contributed by atoms with Crippen molar-refractivity contribution < 1.29 is 4.74 Å². The molecule has 0 atom stereocenters. The van der Waals surface area contributed by atoms with Crippen molar-refractivity contribution in [2.45, 2.75) is 19.9 Å². The summed E-state index contributed by atoms with van der Waals surface area (Å²) >= 11 is 5.94. The molecule has 0 unspecified atom stereocenters. The number of para-hydroxylation sites is 1. The van der Waals surface area contributed by atoms with Crippen LogP contribution in [0, 0.1) is 6.92 Å². The number of aromatic nitrogens is 3. The smallest absolute Gasteiger partial charge is 0.225 e. The molecule has 0 saturated carbocycles. The van der Waals surface area contributed by atoms with Gasteiger partial charge in [0.2, 0.25) is 5.28 Å². The van der Waals surface area contributed by atoms with Gasteiger partial charge >= 0.3 is 0 Å². The summed E-state index contributed by atoms with van der Waals surface area (Å²) in [7, 11) is 1.68. The Morgan fingerprint density at radius 2 is 2.06 bits per heavy atom. The molecule has 90 valence electrons. The number of halogens is 1. The number of nitrogens with zero attached hydrogens (tertiary/aromatic N) is 3. The first kappa shape index (κ1) is 11.9. The van der Waals surface area contributed by atoms with Gasteiger partial charge in [0.25, 0.3) is 0 Å². The Morgan fingerprint density at radius 3 is 2.71 bits per heavy atom. The molecule has 5 heteroatoms. The maximum Gasteiger partial charge on any atom is 0.225 e. The lowest BCUT2D eigenvalue weighted by Crippen LogP contribution is -2.04. The second kappa shape index (κ2) is 5.19. The number of ether oxygens (including phenoxy) is 1. The molecule has 0 aliphatic carbocycles. The summed E-state index contributed by atoms with van der Waals surface area (Å²) < 4.78 is 7.19. The van der Waals surface area contributed by atoms with E-state index in [1.807, 2.05) is 35.8 Å². The van der Waals surface area contributed by atoms with E-state index in [9.17, 15) is 0 Å². The van der Waals surface area contributed by atoms with Crippen molar-refractivity contribution in [1.29, 1.82) is 0 Å². The van der Waals surface area contributed by atoms with Crippen LogP contribution in [0.25, 0.3) is 0 Å². The quantitative estimate of drug-likeness (QED) is 0.838. The lowest BCUT2D eigenvalue weighted by Gasteiger charge is -2.09. The third-order valence-corrected chi connectivity index (χ3v) is 2.97. The molecule has 1 aromatic carbocycles. The van der Waals surface area contributed by atoms with Gasteiger partial charge in [-0.2, -0.15) is 0 Å². The Morgan fingerprint density at radius 1 is 1.29 bits per heavy atom. The summed E-state index contributed by atoms with van der Waals surface area (Å²) in [5.41, 5.74) is 1.15. The lowest BCUT2D eigenvalue weighted by molar-refractivity contribution is 0.408. The van der Waals surface area contributed by atoms with Gasteiger partial charge in [-0.05, 0) is 36.6 Å². The number of rotatable bonds is 4. The number of benzene rings is 1. The van der Waals surface area contributed by atoms with Crippen molar-refractivity contribution in [2.24, 2.45) is 0 Å². The first-order valence-corrected chi connectivity index (χ1v) is 5.77. The highest BCUT2D eigenvalue weighted by atomic mass is 35.5. The van der Waals surface area contributed by atoms with Gasteiger partial charge in [-0.3, -0.25) is 0 Å². The molecule has 4 nitrogen and oxygen atoms in total. The average Bonchev–Trinajstić information content (AvgIpc) is 2.67. The number of aryl methyl sites for hydroxylation is 2. The van der Waals surface area contributed by atoms with Gasteiger partial charge in [-0.15, -0.1) is 10.2 Å². The van der Waals surface area contributed by atoms with Crippen LogP contribution in [0.5, 0.6) is 5.75 Å². The average molecular weight is 252 g/mol. The van der Waals surface area contributed by atoms with Crippen LogP contribution in [0.1, 0.15) is 11.4 Å². The summed E-state index contributed by atoms with van der Waals surface area (Å²) in [6.07, 6.45) is 0.836. The van der Waals surface area contributed by atoms with E-state index >= 15 is 0 Å². The number of hydrogen-bond donors (Lipinski definition) is 0. The molecule has 1 aromatic heterocycles. The molecule has 0 fully saturated rings. The highest BCUT2D eigenvalue weighted by Gasteiger charge is 2.07. The molecule has 1 heterocycles. The Kier molecular flexibility index (Phi) is 3.64. The molecule has 0 N–H and O–H groups in total. The molecule has 0 radical (unpaired) electrons. The Hall–Kier alpha value is -1.55. The van der Waals surface area contributed by atoms with E-state index in [4.69, 9.17) is 16.3 Å². The second-order valence-electron chi connectivity index (χ2n) is 3.73. The number of hydrogen-bond acceptors (Lipinski definition) is 3. The van der Waals surface area contributed by atoms with Gasteiger partial charge in [0, 0.05) is 6.54 Å². The fourth-order valence-corrected chi connectivity index (χ4v) is 2.00. The minimum atomic E-state index is 0.428. The monoisotopic (exact) mass is 251 g/mol. The fraction of sp³-hybridized carbons (Fsp3) is 0.333. The molecule has 17 heavy (non-hydrogen) atoms. The van der Waals surface area contributed by atoms with Crippen LogP contribution in [0.2, 0.25) is 5.28 Å². The molecule has 0 saturated heterocycles. The summed E-state index contributed by atoms with van der Waals surface area (Å²) in [6.45, 7) is 2.64. The summed E-state index contributed by atoms with van der Waals surface area (Å²) in [5, 5.41) is 8.17. The van der Waals surface area contributed by atoms with Crippen LogP contribution in [-0.4, -0.2) is 21.9 Å². The van der Waals surface area contributed by atoms with Crippen LogP contribution in [0.15, 0.2) is 24.3 Å². The van der Waals surface area contributed by atoms with E-state index in [1.54, 1.807) is 7.11 Å². The molecule has 0 aliphatic heterocycles. The van der Waals surface area contributed by atoms with E-state index < -0.39 is 0 Å². The van der Waals surface area contributed by atoms with Crippen molar-refractivity contribution >= 4 is 11.6 Å². The van der Waals surface area contributed by atoms with Crippen molar-refractivity contribution in [3.05, 3.63) is 40.9 Å². The van der Waals surface area contributed by atoms with Crippen LogP contribution in [-0.2, 0) is 13.0 Å². The number of methoxy groups -OCH3 is 1. The molecule has 2 rings (SSSR count). The first-order valence-electron chi connectivity index (χ1n) is 5.39. The topological polar surface area (TPSA) is 39.9 Å². The molecule has 0 spiro atoms. The van der Waals surface area contributed by atoms with Gasteiger partial charge in [-0.1, -0.05) is 18.2 Å². The van der Waals surface area contributed by atoms with Gasteiger partial charge in [0.05, 0.1) is 7.11 Å². The van der Waals surface area contributed by atoms with Crippen molar-refractivity contribution in [3.63, 3.8) is 0 Å². The van der Waals surface area contributed by atoms with E-state index in [0.29, 0.717) is 5.28 Å². The Balaban J connectivity index is 2.12. The minimum Gasteiger partial charge on any atom is -0.496 e. The van der Waals surface area contributed by atoms with Crippen LogP contribution in [0.4, 0.5) is 0 Å². The summed E-state index contributed by atoms with van der Waals surface area (Å²) in [4.78, 5) is 0. The molecular weight excluding hydrogens is 238 g/mol. The minimum absolute atomic E-state index is 0.428.